The summed E-state index contributed by atoms with van der Waals surface area (Å²) in [6.45, 7) is 0.922. The first-order valence-corrected chi connectivity index (χ1v) is 5.71. The van der Waals surface area contributed by atoms with Crippen LogP contribution in [0.5, 0.6) is 0 Å². The lowest BCUT2D eigenvalue weighted by atomic mass is 10.2. The van der Waals surface area contributed by atoms with Gasteiger partial charge in [0.15, 0.2) is 3.79 Å². The molecule has 0 spiro atoms. The van der Waals surface area contributed by atoms with Crippen LogP contribution in [-0.2, 0) is 0 Å². The predicted molar refractivity (Wildman–Crippen MR) is 61.5 cm³/mol. The molecule has 0 saturated heterocycles. The molecule has 0 heterocycles. The van der Waals surface area contributed by atoms with Crippen LogP contribution in [0.1, 0.15) is 6.42 Å². The number of hydrogen-bond donors (Lipinski definition) is 3. The molecule has 7 heteroatoms. The summed E-state index contributed by atoms with van der Waals surface area (Å²) in [5.74, 6) is 0. The van der Waals surface area contributed by atoms with E-state index < -0.39 is 9.90 Å². The van der Waals surface area contributed by atoms with Crippen LogP contribution in [0.2, 0.25) is 0 Å². The molecule has 0 aromatic rings. The van der Waals surface area contributed by atoms with Crippen LogP contribution in [-0.4, -0.2) is 63.0 Å². The number of hydrogen-bond acceptors (Lipinski definition) is 4. The van der Waals surface area contributed by atoms with Crippen LogP contribution in [0, 0.1) is 0 Å². The fourth-order valence-corrected chi connectivity index (χ4v) is 1.74. The molecular formula is C8H16Cl3NO3. The third-order valence-electron chi connectivity index (χ3n) is 1.77. The Balaban J connectivity index is 3.93. The number of nitrogens with zero attached hydrogens (tertiary/aromatic N) is 1. The van der Waals surface area contributed by atoms with E-state index in [2.05, 4.69) is 0 Å². The van der Waals surface area contributed by atoms with Crippen molar-refractivity contribution in [3.05, 3.63) is 0 Å². The molecule has 0 amide bonds. The number of rotatable bonds is 7. The van der Waals surface area contributed by atoms with Crippen molar-refractivity contribution >= 4 is 34.8 Å². The van der Waals surface area contributed by atoms with E-state index in [0.717, 1.165) is 0 Å². The summed E-state index contributed by atoms with van der Waals surface area (Å²) in [6.07, 6.45) is -0.777. The smallest absolute Gasteiger partial charge is 0.193 e. The summed E-state index contributed by atoms with van der Waals surface area (Å²) in [5.41, 5.74) is 0. The van der Waals surface area contributed by atoms with E-state index in [1.54, 1.807) is 4.90 Å². The molecule has 0 bridgehead atoms. The van der Waals surface area contributed by atoms with Crippen molar-refractivity contribution in [3.8, 4) is 0 Å². The lowest BCUT2D eigenvalue weighted by molar-refractivity contribution is 0.0833. The number of halogens is 3. The molecule has 92 valence electrons. The molecule has 15 heavy (non-hydrogen) atoms. The Labute approximate surface area is 104 Å². The van der Waals surface area contributed by atoms with Gasteiger partial charge in [-0.1, -0.05) is 34.8 Å². The quantitative estimate of drug-likeness (QED) is 0.591. The zero-order valence-corrected chi connectivity index (χ0v) is 10.5. The second-order valence-electron chi connectivity index (χ2n) is 3.22. The summed E-state index contributed by atoms with van der Waals surface area (Å²) in [4.78, 5) is 1.70. The molecule has 0 aliphatic carbocycles. The Bertz CT molecular complexity index is 160. The minimum Gasteiger partial charge on any atom is -0.395 e. The van der Waals surface area contributed by atoms with Crippen LogP contribution in [0.3, 0.4) is 0 Å². The first-order valence-electron chi connectivity index (χ1n) is 4.58. The maximum atomic E-state index is 9.55. The van der Waals surface area contributed by atoms with E-state index in [1.807, 2.05) is 0 Å². The lowest BCUT2D eigenvalue weighted by Gasteiger charge is -2.25. The average molecular weight is 281 g/mol. The standard InChI is InChI=1S/C8H16Cl3NO3/c9-8(10,11)5-7(15)6-12(1-3-13)2-4-14/h7,13-15H,1-6H2. The van der Waals surface area contributed by atoms with Gasteiger partial charge in [0, 0.05) is 26.1 Å². The first kappa shape index (κ1) is 15.7. The van der Waals surface area contributed by atoms with Crippen LogP contribution in [0.15, 0.2) is 0 Å². The van der Waals surface area contributed by atoms with Gasteiger partial charge in [-0.15, -0.1) is 0 Å². The van der Waals surface area contributed by atoms with Gasteiger partial charge in [-0.25, -0.2) is 0 Å². The molecule has 0 fully saturated rings. The average Bonchev–Trinajstić information content (AvgIpc) is 2.00. The van der Waals surface area contributed by atoms with Gasteiger partial charge in [0.2, 0.25) is 0 Å². The SMILES string of the molecule is OCCN(CCO)CC(O)CC(Cl)(Cl)Cl. The largest absolute Gasteiger partial charge is 0.395 e. The van der Waals surface area contributed by atoms with Crippen LogP contribution in [0.25, 0.3) is 0 Å². The van der Waals surface area contributed by atoms with Crippen LogP contribution in [0.4, 0.5) is 0 Å². The monoisotopic (exact) mass is 279 g/mol. The van der Waals surface area contributed by atoms with Gasteiger partial charge >= 0.3 is 0 Å². The highest BCUT2D eigenvalue weighted by Crippen LogP contribution is 2.31. The molecule has 0 aromatic heterocycles. The van der Waals surface area contributed by atoms with Crippen LogP contribution < -0.4 is 0 Å². The lowest BCUT2D eigenvalue weighted by Crippen LogP contribution is -2.37. The van der Waals surface area contributed by atoms with E-state index in [1.165, 1.54) is 0 Å². The summed E-state index contributed by atoms with van der Waals surface area (Å²) < 4.78 is -1.48. The third kappa shape index (κ3) is 9.63. The van der Waals surface area contributed by atoms with Crippen LogP contribution >= 0.6 is 34.8 Å². The third-order valence-corrected chi connectivity index (χ3v) is 2.23. The molecule has 0 aliphatic rings. The van der Waals surface area contributed by atoms with E-state index in [-0.39, 0.29) is 26.2 Å². The molecule has 3 N–H and O–H groups in total. The summed E-state index contributed by atoms with van der Waals surface area (Å²) in [5, 5.41) is 27.0. The molecule has 0 saturated carbocycles. The van der Waals surface area contributed by atoms with Gasteiger partial charge in [-0.2, -0.15) is 0 Å². The predicted octanol–water partition coefficient (Wildman–Crippen LogP) is 0.394. The Kier molecular flexibility index (Phi) is 8.27. The Morgan fingerprint density at radius 1 is 1.07 bits per heavy atom. The van der Waals surface area contributed by atoms with E-state index in [0.29, 0.717) is 13.1 Å². The maximum absolute atomic E-state index is 9.55. The van der Waals surface area contributed by atoms with Crippen molar-refractivity contribution in [2.45, 2.75) is 16.3 Å². The number of aliphatic hydroxyl groups excluding tert-OH is 3. The molecular weight excluding hydrogens is 264 g/mol. The van der Waals surface area contributed by atoms with Gasteiger partial charge in [-0.3, -0.25) is 4.90 Å². The topological polar surface area (TPSA) is 63.9 Å². The zero-order valence-electron chi connectivity index (χ0n) is 8.24. The van der Waals surface area contributed by atoms with E-state index in [9.17, 15) is 5.11 Å². The highest BCUT2D eigenvalue weighted by atomic mass is 35.6. The van der Waals surface area contributed by atoms with Crippen molar-refractivity contribution in [1.29, 1.82) is 0 Å². The van der Waals surface area contributed by atoms with Gasteiger partial charge in [-0.05, 0) is 0 Å². The normalized spacial score (nSPS) is 14.6. The first-order chi connectivity index (χ1) is 6.89. The molecule has 0 aliphatic heterocycles. The van der Waals surface area contributed by atoms with Crippen molar-refractivity contribution in [1.82, 2.24) is 4.90 Å². The Hall–Kier alpha value is 0.710. The highest BCUT2D eigenvalue weighted by Gasteiger charge is 2.25. The fourth-order valence-electron chi connectivity index (χ4n) is 1.21. The molecule has 1 unspecified atom stereocenters. The number of alkyl halides is 3. The summed E-state index contributed by atoms with van der Waals surface area (Å²) in [6, 6.07) is 0. The molecule has 0 aromatic carbocycles. The minimum atomic E-state index is -1.48. The van der Waals surface area contributed by atoms with E-state index >= 15 is 0 Å². The second-order valence-corrected chi connectivity index (χ2v) is 5.74. The molecule has 0 radical (unpaired) electrons. The van der Waals surface area contributed by atoms with Gasteiger partial charge < -0.3 is 15.3 Å². The number of aliphatic hydroxyl groups is 3. The Morgan fingerprint density at radius 2 is 1.53 bits per heavy atom. The summed E-state index contributed by atoms with van der Waals surface area (Å²) >= 11 is 16.6. The van der Waals surface area contributed by atoms with Crippen molar-refractivity contribution in [3.63, 3.8) is 0 Å². The molecule has 4 nitrogen and oxygen atoms in total. The van der Waals surface area contributed by atoms with Crippen molar-refractivity contribution < 1.29 is 15.3 Å². The minimum absolute atomic E-state index is 0.0189. The van der Waals surface area contributed by atoms with E-state index in [4.69, 9.17) is 45.0 Å². The van der Waals surface area contributed by atoms with Gasteiger partial charge in [0.25, 0.3) is 0 Å². The Morgan fingerprint density at radius 3 is 1.87 bits per heavy atom. The molecule has 0 rings (SSSR count). The second kappa shape index (κ2) is 7.90. The molecule has 1 atom stereocenters. The van der Waals surface area contributed by atoms with Crippen molar-refractivity contribution in [2.75, 3.05) is 32.8 Å². The van der Waals surface area contributed by atoms with Gasteiger partial charge in [0.05, 0.1) is 19.3 Å². The summed E-state index contributed by atoms with van der Waals surface area (Å²) in [7, 11) is 0. The fraction of sp³-hybridized carbons (Fsp3) is 1.00. The van der Waals surface area contributed by atoms with Gasteiger partial charge in [0.1, 0.15) is 0 Å². The highest BCUT2D eigenvalue weighted by molar-refractivity contribution is 6.67. The maximum Gasteiger partial charge on any atom is 0.193 e. The van der Waals surface area contributed by atoms with Crippen molar-refractivity contribution in [2.24, 2.45) is 0 Å². The zero-order chi connectivity index (χ0) is 11.9.